The van der Waals surface area contributed by atoms with Crippen LogP contribution in [0.2, 0.25) is 0 Å². The van der Waals surface area contributed by atoms with Crippen molar-refractivity contribution in [3.8, 4) is 0 Å². The maximum absolute atomic E-state index is 11.8. The first-order valence-electron chi connectivity index (χ1n) is 5.91. The van der Waals surface area contributed by atoms with Crippen LogP contribution in [0.25, 0.3) is 0 Å². The van der Waals surface area contributed by atoms with Crippen molar-refractivity contribution in [1.29, 1.82) is 0 Å². The molecule has 2 amide bonds. The van der Waals surface area contributed by atoms with Crippen LogP contribution in [0, 0.1) is 5.41 Å². The highest BCUT2D eigenvalue weighted by Gasteiger charge is 2.58. The number of urea groups is 1. The molecule has 2 unspecified atom stereocenters. The number of rotatable bonds is 3. The highest BCUT2D eigenvalue weighted by molar-refractivity contribution is 7.13. The number of nitrogens with zero attached hydrogens (tertiary/aromatic N) is 1. The molecule has 1 aromatic heterocycles. The zero-order chi connectivity index (χ0) is 13.4. The summed E-state index contributed by atoms with van der Waals surface area (Å²) in [7, 11) is 1.72. The zero-order valence-corrected chi connectivity index (χ0v) is 11.9. The Morgan fingerprint density at radius 1 is 1.56 bits per heavy atom. The molecule has 100 valence electrons. The lowest BCUT2D eigenvalue weighted by Gasteiger charge is -2.58. The second kappa shape index (κ2) is 4.51. The average molecular weight is 269 g/mol. The lowest BCUT2D eigenvalue weighted by atomic mass is 9.56. The number of thiazole rings is 1. The van der Waals surface area contributed by atoms with Gasteiger partial charge in [-0.1, -0.05) is 13.8 Å². The van der Waals surface area contributed by atoms with Gasteiger partial charge in [0, 0.05) is 30.1 Å². The quantitative estimate of drug-likeness (QED) is 0.886. The SMILES string of the molecule is COC1(C)CC(NC(=O)Nc2nccs2)C1(C)C. The molecule has 1 aliphatic carbocycles. The van der Waals surface area contributed by atoms with Crippen LogP contribution in [0.3, 0.4) is 0 Å². The van der Waals surface area contributed by atoms with Crippen LogP contribution in [-0.2, 0) is 4.74 Å². The van der Waals surface area contributed by atoms with Gasteiger partial charge in [-0.05, 0) is 13.3 Å². The number of methoxy groups -OCH3 is 1. The van der Waals surface area contributed by atoms with E-state index in [0.29, 0.717) is 5.13 Å². The minimum atomic E-state index is -0.207. The van der Waals surface area contributed by atoms with Crippen LogP contribution < -0.4 is 10.6 Å². The standard InChI is InChI=1S/C12H19N3O2S/c1-11(2)8(7-12(11,3)17-4)14-9(16)15-10-13-5-6-18-10/h5-6,8H,7H2,1-4H3,(H2,13,14,15,16). The van der Waals surface area contributed by atoms with E-state index in [0.717, 1.165) is 6.42 Å². The molecule has 1 aromatic rings. The number of ether oxygens (including phenoxy) is 1. The summed E-state index contributed by atoms with van der Waals surface area (Å²) in [6.07, 6.45) is 2.48. The molecule has 0 spiro atoms. The predicted octanol–water partition coefficient (Wildman–Crippen LogP) is 2.47. The van der Waals surface area contributed by atoms with Gasteiger partial charge in [0.2, 0.25) is 0 Å². The van der Waals surface area contributed by atoms with Crippen LogP contribution in [0.5, 0.6) is 0 Å². The van der Waals surface area contributed by atoms with E-state index in [2.05, 4.69) is 36.4 Å². The number of carbonyl (C=O) groups is 1. The van der Waals surface area contributed by atoms with E-state index in [1.54, 1.807) is 13.3 Å². The number of nitrogens with one attached hydrogen (secondary N) is 2. The Morgan fingerprint density at radius 3 is 2.78 bits per heavy atom. The normalized spacial score (nSPS) is 29.4. The van der Waals surface area contributed by atoms with Gasteiger partial charge < -0.3 is 10.1 Å². The summed E-state index contributed by atoms with van der Waals surface area (Å²) in [6, 6.07) is -0.0939. The van der Waals surface area contributed by atoms with Crippen molar-refractivity contribution in [2.45, 2.75) is 38.8 Å². The first-order chi connectivity index (χ1) is 8.39. The van der Waals surface area contributed by atoms with E-state index in [4.69, 9.17) is 4.74 Å². The summed E-state index contributed by atoms with van der Waals surface area (Å²) >= 11 is 1.40. The third kappa shape index (κ3) is 2.10. The van der Waals surface area contributed by atoms with E-state index < -0.39 is 0 Å². The third-order valence-electron chi connectivity index (χ3n) is 4.24. The van der Waals surface area contributed by atoms with Crippen LogP contribution in [-0.4, -0.2) is 29.8 Å². The molecule has 0 bridgehead atoms. The maximum atomic E-state index is 11.8. The van der Waals surface area contributed by atoms with Crippen molar-refractivity contribution in [3.63, 3.8) is 0 Å². The van der Waals surface area contributed by atoms with Gasteiger partial charge in [0.1, 0.15) is 0 Å². The molecule has 18 heavy (non-hydrogen) atoms. The minimum Gasteiger partial charge on any atom is -0.378 e. The van der Waals surface area contributed by atoms with Gasteiger partial charge in [-0.2, -0.15) is 0 Å². The molecular weight excluding hydrogens is 250 g/mol. The minimum absolute atomic E-state index is 0.0814. The molecule has 2 atom stereocenters. The fourth-order valence-corrected chi connectivity index (χ4v) is 2.82. The second-order valence-electron chi connectivity index (χ2n) is 5.35. The number of aromatic nitrogens is 1. The van der Waals surface area contributed by atoms with Crippen molar-refractivity contribution in [1.82, 2.24) is 10.3 Å². The smallest absolute Gasteiger partial charge is 0.321 e. The van der Waals surface area contributed by atoms with E-state index in [9.17, 15) is 4.79 Å². The van der Waals surface area contributed by atoms with Crippen LogP contribution >= 0.6 is 11.3 Å². The molecule has 1 saturated carbocycles. The Hall–Kier alpha value is -1.14. The molecule has 0 saturated heterocycles. The molecule has 0 aromatic carbocycles. The van der Waals surface area contributed by atoms with Crippen molar-refractivity contribution in [2.75, 3.05) is 12.4 Å². The Bertz CT molecular complexity index is 433. The lowest BCUT2D eigenvalue weighted by Crippen LogP contribution is -2.68. The molecule has 1 heterocycles. The van der Waals surface area contributed by atoms with E-state index in [-0.39, 0.29) is 23.1 Å². The van der Waals surface area contributed by atoms with Gasteiger partial charge in [0.05, 0.1) is 5.60 Å². The van der Waals surface area contributed by atoms with Gasteiger partial charge in [-0.25, -0.2) is 9.78 Å². The van der Waals surface area contributed by atoms with Crippen LogP contribution in [0.4, 0.5) is 9.93 Å². The summed E-state index contributed by atoms with van der Waals surface area (Å²) in [4.78, 5) is 15.8. The second-order valence-corrected chi connectivity index (χ2v) is 6.24. The van der Waals surface area contributed by atoms with Crippen molar-refractivity contribution < 1.29 is 9.53 Å². The number of anilines is 1. The Kier molecular flexibility index (Phi) is 3.33. The molecular formula is C12H19N3O2S. The fraction of sp³-hybridized carbons (Fsp3) is 0.667. The molecule has 0 aliphatic heterocycles. The number of hydrogen-bond donors (Lipinski definition) is 2. The summed E-state index contributed by atoms with van der Waals surface area (Å²) < 4.78 is 5.52. The highest BCUT2D eigenvalue weighted by Crippen LogP contribution is 2.51. The predicted molar refractivity (Wildman–Crippen MR) is 71.9 cm³/mol. The number of amides is 2. The van der Waals surface area contributed by atoms with E-state index in [1.165, 1.54) is 11.3 Å². The van der Waals surface area contributed by atoms with Crippen LogP contribution in [0.1, 0.15) is 27.2 Å². The first-order valence-corrected chi connectivity index (χ1v) is 6.79. The van der Waals surface area contributed by atoms with Gasteiger partial charge in [0.15, 0.2) is 5.13 Å². The van der Waals surface area contributed by atoms with E-state index in [1.807, 2.05) is 5.38 Å². The zero-order valence-electron chi connectivity index (χ0n) is 11.1. The molecule has 5 nitrogen and oxygen atoms in total. The molecule has 0 radical (unpaired) electrons. The largest absolute Gasteiger partial charge is 0.378 e. The molecule has 2 rings (SSSR count). The van der Waals surface area contributed by atoms with Gasteiger partial charge in [0.25, 0.3) is 0 Å². The fourth-order valence-electron chi connectivity index (χ4n) is 2.30. The topological polar surface area (TPSA) is 63.2 Å². The van der Waals surface area contributed by atoms with Crippen molar-refractivity contribution >= 4 is 22.5 Å². The Labute approximate surface area is 111 Å². The first kappa shape index (κ1) is 13.3. The van der Waals surface area contributed by atoms with Crippen molar-refractivity contribution in [3.05, 3.63) is 11.6 Å². The molecule has 1 fully saturated rings. The summed E-state index contributed by atoms with van der Waals surface area (Å²) in [6.45, 7) is 6.28. The molecule has 1 aliphatic rings. The Morgan fingerprint density at radius 2 is 2.28 bits per heavy atom. The van der Waals surface area contributed by atoms with Gasteiger partial charge >= 0.3 is 6.03 Å². The Balaban J connectivity index is 1.90. The molecule has 6 heteroatoms. The van der Waals surface area contributed by atoms with Crippen molar-refractivity contribution in [2.24, 2.45) is 5.41 Å². The lowest BCUT2D eigenvalue weighted by molar-refractivity contribution is -0.177. The number of carbonyl (C=O) groups excluding carboxylic acids is 1. The number of hydrogen-bond acceptors (Lipinski definition) is 4. The maximum Gasteiger partial charge on any atom is 0.321 e. The van der Waals surface area contributed by atoms with E-state index >= 15 is 0 Å². The summed E-state index contributed by atoms with van der Waals surface area (Å²) in [5, 5.41) is 8.13. The molecule has 2 N–H and O–H groups in total. The monoisotopic (exact) mass is 269 g/mol. The third-order valence-corrected chi connectivity index (χ3v) is 4.92. The average Bonchev–Trinajstić information content (AvgIpc) is 2.80. The summed E-state index contributed by atoms with van der Waals surface area (Å²) in [5.41, 5.74) is -0.256. The van der Waals surface area contributed by atoms with Gasteiger partial charge in [-0.3, -0.25) is 5.32 Å². The highest BCUT2D eigenvalue weighted by atomic mass is 32.1. The summed E-state index contributed by atoms with van der Waals surface area (Å²) in [5.74, 6) is 0. The van der Waals surface area contributed by atoms with Gasteiger partial charge in [-0.15, -0.1) is 11.3 Å². The van der Waals surface area contributed by atoms with Crippen LogP contribution in [0.15, 0.2) is 11.6 Å².